The minimum atomic E-state index is 0.0365. The second-order valence-electron chi connectivity index (χ2n) is 7.30. The molecule has 0 N–H and O–H groups in total. The third-order valence-electron chi connectivity index (χ3n) is 5.32. The predicted octanol–water partition coefficient (Wildman–Crippen LogP) is 3.03. The number of urea groups is 1. The van der Waals surface area contributed by atoms with E-state index in [2.05, 4.69) is 30.8 Å². The van der Waals surface area contributed by atoms with Crippen molar-refractivity contribution in [1.82, 2.24) is 14.9 Å². The van der Waals surface area contributed by atoms with Gasteiger partial charge in [0, 0.05) is 42.7 Å². The largest absolute Gasteiger partial charge is 0.489 e. The molecule has 3 aliphatic rings. The van der Waals surface area contributed by atoms with Crippen LogP contribution in [0.5, 0.6) is 5.75 Å². The van der Waals surface area contributed by atoms with Crippen LogP contribution in [0.3, 0.4) is 0 Å². The van der Waals surface area contributed by atoms with E-state index >= 15 is 0 Å². The molecule has 0 saturated carbocycles. The maximum atomic E-state index is 13.0. The summed E-state index contributed by atoms with van der Waals surface area (Å²) in [6.07, 6.45) is 3.48. The van der Waals surface area contributed by atoms with Gasteiger partial charge in [-0.25, -0.2) is 14.8 Å². The Labute approximate surface area is 170 Å². The number of ether oxygens (including phenoxy) is 1. The molecular weight excluding hydrogens is 434 g/mol. The molecule has 1 aromatic carbocycles. The molecule has 0 bridgehead atoms. The topological polar surface area (TPSA) is 61.8 Å². The molecule has 2 amide bonds. The Morgan fingerprint density at radius 1 is 1.19 bits per heavy atom. The molecule has 0 aliphatic carbocycles. The van der Waals surface area contributed by atoms with Crippen molar-refractivity contribution in [2.75, 3.05) is 49.1 Å². The lowest BCUT2D eigenvalue weighted by Gasteiger charge is -2.60. The highest BCUT2D eigenvalue weighted by Crippen LogP contribution is 2.43. The first-order valence-electron chi connectivity index (χ1n) is 8.74. The first kappa shape index (κ1) is 17.1. The zero-order valence-corrected chi connectivity index (χ0v) is 16.8. The van der Waals surface area contributed by atoms with Crippen LogP contribution in [0, 0.1) is 5.41 Å². The molecular formula is C18H17BrClN5O2. The van der Waals surface area contributed by atoms with E-state index in [4.69, 9.17) is 16.3 Å². The van der Waals surface area contributed by atoms with Gasteiger partial charge in [0.15, 0.2) is 0 Å². The molecule has 1 aromatic heterocycles. The first-order valence-corrected chi connectivity index (χ1v) is 9.91. The number of halogens is 2. The summed E-state index contributed by atoms with van der Waals surface area (Å²) in [4.78, 5) is 27.5. The van der Waals surface area contributed by atoms with Gasteiger partial charge in [-0.2, -0.15) is 0 Å². The molecule has 140 valence electrons. The van der Waals surface area contributed by atoms with Crippen molar-refractivity contribution in [2.45, 2.75) is 0 Å². The molecule has 9 heteroatoms. The maximum Gasteiger partial charge on any atom is 0.324 e. The summed E-state index contributed by atoms with van der Waals surface area (Å²) in [6.45, 7) is 4.38. The number of benzene rings is 1. The number of fused-ring (bicyclic) bond motifs is 1. The molecule has 5 rings (SSSR count). The molecule has 7 nitrogen and oxygen atoms in total. The molecule has 4 heterocycles. The van der Waals surface area contributed by atoms with Gasteiger partial charge in [0.05, 0.1) is 24.6 Å². The van der Waals surface area contributed by atoms with Crippen molar-refractivity contribution in [3.63, 3.8) is 0 Å². The van der Waals surface area contributed by atoms with Crippen LogP contribution in [0.1, 0.15) is 0 Å². The summed E-state index contributed by atoms with van der Waals surface area (Å²) in [7, 11) is 0. The van der Waals surface area contributed by atoms with Crippen molar-refractivity contribution in [3.05, 3.63) is 40.2 Å². The normalized spacial score (nSPS) is 19.9. The van der Waals surface area contributed by atoms with Gasteiger partial charge in [0.1, 0.15) is 22.8 Å². The van der Waals surface area contributed by atoms with Gasteiger partial charge in [0.25, 0.3) is 0 Å². The first-order chi connectivity index (χ1) is 13.0. The SMILES string of the molecule is O=C(N1CC2(C1)CN(c1cnc(Br)cn1)C2)N1CCOc2cc(Cl)ccc21. The van der Waals surface area contributed by atoms with E-state index in [0.717, 1.165) is 42.3 Å². The Balaban J connectivity index is 1.22. The van der Waals surface area contributed by atoms with Crippen molar-refractivity contribution in [1.29, 1.82) is 0 Å². The number of aromatic nitrogens is 2. The number of amides is 2. The molecule has 0 radical (unpaired) electrons. The molecule has 0 unspecified atom stereocenters. The summed E-state index contributed by atoms with van der Waals surface area (Å²) in [5, 5.41) is 0.608. The zero-order chi connectivity index (χ0) is 18.6. The Bertz CT molecular complexity index is 895. The summed E-state index contributed by atoms with van der Waals surface area (Å²) in [5.74, 6) is 1.55. The lowest BCUT2D eigenvalue weighted by molar-refractivity contribution is 0.00925. The van der Waals surface area contributed by atoms with Crippen LogP contribution in [0.25, 0.3) is 0 Å². The van der Waals surface area contributed by atoms with Crippen molar-refractivity contribution in [3.8, 4) is 5.75 Å². The fraction of sp³-hybridized carbons (Fsp3) is 0.389. The van der Waals surface area contributed by atoms with Crippen LogP contribution in [-0.4, -0.2) is 60.2 Å². The van der Waals surface area contributed by atoms with Crippen LogP contribution >= 0.6 is 27.5 Å². The van der Waals surface area contributed by atoms with E-state index in [1.165, 1.54) is 0 Å². The highest BCUT2D eigenvalue weighted by molar-refractivity contribution is 9.10. The highest BCUT2D eigenvalue weighted by atomic mass is 79.9. The third kappa shape index (κ3) is 2.91. The van der Waals surface area contributed by atoms with Gasteiger partial charge >= 0.3 is 6.03 Å². The second-order valence-corrected chi connectivity index (χ2v) is 8.55. The molecule has 2 aromatic rings. The Morgan fingerprint density at radius 2 is 2.00 bits per heavy atom. The van der Waals surface area contributed by atoms with Gasteiger partial charge in [0.2, 0.25) is 0 Å². The number of anilines is 2. The average molecular weight is 451 g/mol. The standard InChI is InChI=1S/C18H17BrClN5O2/c19-15-6-22-16(7-21-15)23-8-18(9-23)10-24(11-18)17(26)25-3-4-27-14-5-12(20)1-2-13(14)25/h1-2,5-7H,3-4,8-11H2. The maximum absolute atomic E-state index is 13.0. The fourth-order valence-corrected chi connectivity index (χ4v) is 4.42. The van der Waals surface area contributed by atoms with E-state index in [0.29, 0.717) is 23.9 Å². The number of hydrogen-bond donors (Lipinski definition) is 0. The number of likely N-dealkylation sites (tertiary alicyclic amines) is 1. The molecule has 0 atom stereocenters. The lowest BCUT2D eigenvalue weighted by Crippen LogP contribution is -2.74. The molecule has 2 saturated heterocycles. The Kier molecular flexibility index (Phi) is 3.94. The van der Waals surface area contributed by atoms with Crippen molar-refractivity contribution in [2.24, 2.45) is 5.41 Å². The number of carbonyl (C=O) groups excluding carboxylic acids is 1. The van der Waals surface area contributed by atoms with Gasteiger partial charge in [-0.1, -0.05) is 11.6 Å². The van der Waals surface area contributed by atoms with Crippen LogP contribution in [-0.2, 0) is 0 Å². The Hall–Kier alpha value is -2.06. The summed E-state index contributed by atoms with van der Waals surface area (Å²) >= 11 is 9.33. The molecule has 1 spiro atoms. The minimum Gasteiger partial charge on any atom is -0.489 e. The lowest BCUT2D eigenvalue weighted by atomic mass is 9.73. The fourth-order valence-electron chi connectivity index (χ4n) is 4.06. The highest BCUT2D eigenvalue weighted by Gasteiger charge is 2.54. The van der Waals surface area contributed by atoms with Gasteiger partial charge < -0.3 is 14.5 Å². The summed E-state index contributed by atoms with van der Waals surface area (Å²) in [5.41, 5.74) is 0.969. The zero-order valence-electron chi connectivity index (χ0n) is 14.4. The van der Waals surface area contributed by atoms with Crippen molar-refractivity contribution >= 4 is 45.1 Å². The van der Waals surface area contributed by atoms with E-state index in [9.17, 15) is 4.79 Å². The van der Waals surface area contributed by atoms with E-state index in [1.54, 1.807) is 29.4 Å². The predicted molar refractivity (Wildman–Crippen MR) is 106 cm³/mol. The quantitative estimate of drug-likeness (QED) is 0.668. The monoisotopic (exact) mass is 449 g/mol. The number of carbonyl (C=O) groups is 1. The minimum absolute atomic E-state index is 0.0365. The number of hydrogen-bond acceptors (Lipinski definition) is 5. The second kappa shape index (κ2) is 6.24. The number of rotatable bonds is 1. The van der Waals surface area contributed by atoms with Gasteiger partial charge in [-0.3, -0.25) is 4.90 Å². The van der Waals surface area contributed by atoms with E-state index < -0.39 is 0 Å². The third-order valence-corrected chi connectivity index (χ3v) is 5.97. The van der Waals surface area contributed by atoms with Crippen LogP contribution in [0.4, 0.5) is 16.3 Å². The van der Waals surface area contributed by atoms with Crippen LogP contribution in [0.2, 0.25) is 5.02 Å². The number of nitrogens with zero attached hydrogens (tertiary/aromatic N) is 5. The van der Waals surface area contributed by atoms with E-state index in [1.807, 2.05) is 11.0 Å². The smallest absolute Gasteiger partial charge is 0.324 e. The van der Waals surface area contributed by atoms with Gasteiger partial charge in [-0.05, 0) is 28.1 Å². The molecule has 3 aliphatic heterocycles. The molecule has 27 heavy (non-hydrogen) atoms. The van der Waals surface area contributed by atoms with Crippen LogP contribution < -0.4 is 14.5 Å². The Morgan fingerprint density at radius 3 is 2.74 bits per heavy atom. The van der Waals surface area contributed by atoms with Gasteiger partial charge in [-0.15, -0.1) is 0 Å². The van der Waals surface area contributed by atoms with Crippen LogP contribution in [0.15, 0.2) is 35.2 Å². The van der Waals surface area contributed by atoms with E-state index in [-0.39, 0.29) is 11.4 Å². The summed E-state index contributed by atoms with van der Waals surface area (Å²) in [6, 6.07) is 5.43. The summed E-state index contributed by atoms with van der Waals surface area (Å²) < 4.78 is 6.37. The van der Waals surface area contributed by atoms with Crippen molar-refractivity contribution < 1.29 is 9.53 Å². The molecule has 2 fully saturated rings. The average Bonchev–Trinajstić information content (AvgIpc) is 2.59.